The minimum atomic E-state index is -0.377. The molecule has 0 bridgehead atoms. The zero-order valence-electron chi connectivity index (χ0n) is 19.1. The van der Waals surface area contributed by atoms with Crippen LogP contribution in [0.2, 0.25) is 0 Å². The Hall–Kier alpha value is -2.36. The molecule has 1 aromatic carbocycles. The summed E-state index contributed by atoms with van der Waals surface area (Å²) >= 11 is 1.59. The third-order valence-electron chi connectivity index (χ3n) is 4.90. The molecule has 0 atom stereocenters. The van der Waals surface area contributed by atoms with E-state index in [4.69, 9.17) is 9.47 Å². The van der Waals surface area contributed by atoms with Crippen LogP contribution < -0.4 is 10.2 Å². The lowest BCUT2D eigenvalue weighted by molar-refractivity contribution is -0.383. The van der Waals surface area contributed by atoms with Crippen molar-refractivity contribution in [3.05, 3.63) is 45.6 Å². The topological polar surface area (TPSA) is 89.8 Å². The fourth-order valence-electron chi connectivity index (χ4n) is 3.21. The molecule has 1 heterocycles. The van der Waals surface area contributed by atoms with Gasteiger partial charge in [-0.15, -0.1) is 11.8 Å². The number of rotatable bonds is 12. The molecule has 0 unspecified atom stereocenters. The molecule has 0 aliphatic carbocycles. The van der Waals surface area contributed by atoms with Crippen molar-refractivity contribution in [2.45, 2.75) is 31.6 Å². The number of aryl methyl sites for hydroxylation is 1. The van der Waals surface area contributed by atoms with Gasteiger partial charge in [0, 0.05) is 37.9 Å². The highest BCUT2D eigenvalue weighted by molar-refractivity contribution is 7.98. The Labute approximate surface area is 188 Å². The van der Waals surface area contributed by atoms with Crippen LogP contribution in [0.1, 0.15) is 31.0 Å². The van der Waals surface area contributed by atoms with E-state index in [1.165, 1.54) is 5.56 Å². The van der Waals surface area contributed by atoms with E-state index >= 15 is 0 Å². The molecule has 31 heavy (non-hydrogen) atoms. The Morgan fingerprint density at radius 3 is 2.35 bits per heavy atom. The van der Waals surface area contributed by atoms with Gasteiger partial charge in [0.15, 0.2) is 0 Å². The molecule has 1 N–H and O–H groups in total. The molecule has 2 aromatic rings. The lowest BCUT2D eigenvalue weighted by Crippen LogP contribution is -2.31. The monoisotopic (exact) mass is 448 g/mol. The third kappa shape index (κ3) is 6.56. The van der Waals surface area contributed by atoms with Gasteiger partial charge in [-0.25, -0.2) is 4.98 Å². The molecular formula is C22H32N4O4S. The first-order valence-corrected chi connectivity index (χ1v) is 11.4. The van der Waals surface area contributed by atoms with Gasteiger partial charge in [-0.05, 0) is 42.9 Å². The van der Waals surface area contributed by atoms with E-state index in [9.17, 15) is 10.1 Å². The highest BCUT2D eigenvalue weighted by atomic mass is 32.2. The maximum Gasteiger partial charge on any atom is 0.334 e. The number of nitrogens with one attached hydrogen (secondary N) is 1. The first-order valence-electron chi connectivity index (χ1n) is 10.2. The van der Waals surface area contributed by atoms with Crippen LogP contribution in [0.15, 0.2) is 29.2 Å². The van der Waals surface area contributed by atoms with Crippen LogP contribution in [0.25, 0.3) is 0 Å². The minimum absolute atomic E-state index is 0.0576. The van der Waals surface area contributed by atoms with E-state index in [0.717, 1.165) is 10.6 Å². The summed E-state index contributed by atoms with van der Waals surface area (Å²) in [7, 11) is 3.22. The number of methoxy groups -OCH3 is 2. The van der Waals surface area contributed by atoms with Crippen LogP contribution in [0.5, 0.6) is 0 Å². The van der Waals surface area contributed by atoms with Crippen molar-refractivity contribution in [2.24, 2.45) is 0 Å². The van der Waals surface area contributed by atoms with Crippen LogP contribution in [0, 0.1) is 17.0 Å². The molecule has 0 saturated heterocycles. The van der Waals surface area contributed by atoms with Gasteiger partial charge in [-0.1, -0.05) is 19.9 Å². The predicted molar refractivity (Wildman–Crippen MR) is 127 cm³/mol. The lowest BCUT2D eigenvalue weighted by atomic mass is 10.0. The van der Waals surface area contributed by atoms with Gasteiger partial charge in [0.05, 0.1) is 23.8 Å². The first-order chi connectivity index (χ1) is 14.8. The van der Waals surface area contributed by atoms with Crippen LogP contribution in [0.4, 0.5) is 22.9 Å². The number of thioether (sulfide) groups is 1. The van der Waals surface area contributed by atoms with E-state index in [1.54, 1.807) is 32.0 Å². The molecule has 0 aliphatic heterocycles. The van der Waals surface area contributed by atoms with Crippen LogP contribution >= 0.6 is 11.8 Å². The summed E-state index contributed by atoms with van der Waals surface area (Å²) in [4.78, 5) is 19.1. The lowest BCUT2D eigenvalue weighted by Gasteiger charge is -2.25. The van der Waals surface area contributed by atoms with E-state index in [2.05, 4.69) is 30.2 Å². The molecule has 1 aromatic heterocycles. The van der Waals surface area contributed by atoms with Crippen molar-refractivity contribution in [1.82, 2.24) is 4.98 Å². The summed E-state index contributed by atoms with van der Waals surface area (Å²) in [5.74, 6) is 0.626. The van der Waals surface area contributed by atoms with E-state index in [1.807, 2.05) is 30.2 Å². The fourth-order valence-corrected chi connectivity index (χ4v) is 3.80. The van der Waals surface area contributed by atoms with Gasteiger partial charge in [-0.3, -0.25) is 10.1 Å². The third-order valence-corrected chi connectivity index (χ3v) is 5.68. The van der Waals surface area contributed by atoms with Crippen molar-refractivity contribution in [3.63, 3.8) is 0 Å². The minimum Gasteiger partial charge on any atom is -0.383 e. The number of benzene rings is 1. The maximum atomic E-state index is 12.1. The Balaban J connectivity index is 2.54. The second-order valence-corrected chi connectivity index (χ2v) is 8.30. The molecule has 0 spiro atoms. The van der Waals surface area contributed by atoms with Crippen molar-refractivity contribution in [1.29, 1.82) is 0 Å². The van der Waals surface area contributed by atoms with E-state index in [0.29, 0.717) is 43.6 Å². The van der Waals surface area contributed by atoms with Crippen LogP contribution in [-0.4, -0.2) is 56.7 Å². The number of ether oxygens (including phenoxy) is 2. The molecule has 0 saturated carbocycles. The van der Waals surface area contributed by atoms with Crippen molar-refractivity contribution in [3.8, 4) is 0 Å². The SMILES string of the molecule is COCCN(CCOC)c1cc(C)nc(Nc2ccc(C(C)C)cc2SC)c1[N+](=O)[O-]. The summed E-state index contributed by atoms with van der Waals surface area (Å²) < 4.78 is 10.4. The normalized spacial score (nSPS) is 11.1. The van der Waals surface area contributed by atoms with Crippen LogP contribution in [0.3, 0.4) is 0 Å². The fraction of sp³-hybridized carbons (Fsp3) is 0.500. The molecular weight excluding hydrogens is 416 g/mol. The zero-order valence-corrected chi connectivity index (χ0v) is 19.9. The van der Waals surface area contributed by atoms with Crippen molar-refractivity contribution in [2.75, 3.05) is 57.0 Å². The van der Waals surface area contributed by atoms with Gasteiger partial charge >= 0.3 is 5.69 Å². The average Bonchev–Trinajstić information content (AvgIpc) is 2.73. The van der Waals surface area contributed by atoms with Crippen LogP contribution in [-0.2, 0) is 9.47 Å². The largest absolute Gasteiger partial charge is 0.383 e. The number of nitrogens with zero attached hydrogens (tertiary/aromatic N) is 3. The van der Waals surface area contributed by atoms with Gasteiger partial charge < -0.3 is 19.7 Å². The molecule has 0 fully saturated rings. The number of aromatic nitrogens is 1. The highest BCUT2D eigenvalue weighted by Crippen LogP contribution is 2.38. The smallest absolute Gasteiger partial charge is 0.334 e. The molecule has 0 radical (unpaired) electrons. The Morgan fingerprint density at radius 1 is 1.19 bits per heavy atom. The number of pyridine rings is 1. The van der Waals surface area contributed by atoms with Crippen molar-refractivity contribution >= 4 is 34.6 Å². The standard InChI is InChI=1S/C22H32N4O4S/c1-15(2)17-7-8-18(20(14-17)31-6)24-22-21(26(27)28)19(13-16(3)23-22)25(9-11-29-4)10-12-30-5/h7-8,13-15H,9-12H2,1-6H3,(H,23,24). The Bertz CT molecular complexity index is 884. The van der Waals surface area contributed by atoms with Gasteiger partial charge in [-0.2, -0.15) is 0 Å². The second-order valence-electron chi connectivity index (χ2n) is 7.45. The van der Waals surface area contributed by atoms with Gasteiger partial charge in [0.2, 0.25) is 5.82 Å². The Kier molecular flexibility index (Phi) is 9.54. The molecule has 2 rings (SSSR count). The first kappa shape index (κ1) is 24.9. The molecule has 0 amide bonds. The summed E-state index contributed by atoms with van der Waals surface area (Å²) in [6, 6.07) is 7.86. The van der Waals surface area contributed by atoms with Gasteiger partial charge in [0.1, 0.15) is 5.69 Å². The summed E-state index contributed by atoms with van der Waals surface area (Å²) in [6.07, 6.45) is 1.99. The van der Waals surface area contributed by atoms with E-state index < -0.39 is 0 Å². The quantitative estimate of drug-likeness (QED) is 0.276. The van der Waals surface area contributed by atoms with Crippen molar-refractivity contribution < 1.29 is 14.4 Å². The average molecular weight is 449 g/mol. The molecule has 9 heteroatoms. The predicted octanol–water partition coefficient (Wildman–Crippen LogP) is 4.99. The molecule has 170 valence electrons. The second kappa shape index (κ2) is 11.9. The number of anilines is 3. The highest BCUT2D eigenvalue weighted by Gasteiger charge is 2.27. The molecule has 0 aliphatic rings. The maximum absolute atomic E-state index is 12.1. The van der Waals surface area contributed by atoms with Gasteiger partial charge in [0.25, 0.3) is 0 Å². The summed E-state index contributed by atoms with van der Waals surface area (Å²) in [5.41, 5.74) is 3.14. The molecule has 8 nitrogen and oxygen atoms in total. The zero-order chi connectivity index (χ0) is 23.0. The van der Waals surface area contributed by atoms with E-state index in [-0.39, 0.29) is 16.4 Å². The number of hydrogen-bond donors (Lipinski definition) is 1. The number of hydrogen-bond acceptors (Lipinski definition) is 8. The summed E-state index contributed by atoms with van der Waals surface area (Å²) in [6.45, 7) is 8.00. The Morgan fingerprint density at radius 2 is 1.84 bits per heavy atom. The summed E-state index contributed by atoms with van der Waals surface area (Å²) in [5, 5.41) is 15.4. The number of nitro groups is 1.